The van der Waals surface area contributed by atoms with E-state index in [0.29, 0.717) is 5.11 Å². The molecule has 1 aromatic rings. The van der Waals surface area contributed by atoms with Crippen molar-refractivity contribution in [2.24, 2.45) is 0 Å². The van der Waals surface area contributed by atoms with Crippen molar-refractivity contribution in [2.45, 2.75) is 6.42 Å². The molecule has 0 unspecified atom stereocenters. The smallest absolute Gasteiger partial charge is 0.193 e. The van der Waals surface area contributed by atoms with Crippen LogP contribution >= 0.6 is 12.2 Å². The van der Waals surface area contributed by atoms with Gasteiger partial charge < -0.3 is 10.4 Å². The molecule has 15 heavy (non-hydrogen) atoms. The van der Waals surface area contributed by atoms with Gasteiger partial charge in [0.2, 0.25) is 0 Å². The van der Waals surface area contributed by atoms with E-state index in [1.54, 1.807) is 11.0 Å². The van der Waals surface area contributed by atoms with E-state index in [1.807, 2.05) is 30.3 Å². The summed E-state index contributed by atoms with van der Waals surface area (Å²) in [5, 5.41) is 13.4. The van der Waals surface area contributed by atoms with Gasteiger partial charge in [-0.15, -0.1) is 0 Å². The summed E-state index contributed by atoms with van der Waals surface area (Å²) in [6, 6.07) is 9.57. The van der Waals surface area contributed by atoms with Crippen molar-refractivity contribution in [3.63, 3.8) is 0 Å². The Kier molecular flexibility index (Phi) is 2.87. The van der Waals surface area contributed by atoms with Crippen LogP contribution in [-0.2, 0) is 0 Å². The largest absolute Gasteiger partial charge is 0.494 e. The average molecular weight is 220 g/mol. The Morgan fingerprint density at radius 1 is 1.27 bits per heavy atom. The molecule has 1 aliphatic rings. The predicted molar refractivity (Wildman–Crippen MR) is 64.9 cm³/mol. The number of hydrogen-bond donors (Lipinski definition) is 2. The zero-order chi connectivity index (χ0) is 10.7. The molecular weight excluding hydrogens is 208 g/mol. The highest BCUT2D eigenvalue weighted by Gasteiger charge is 2.17. The lowest BCUT2D eigenvalue weighted by molar-refractivity contribution is 0.404. The van der Waals surface area contributed by atoms with E-state index in [4.69, 9.17) is 12.2 Å². The van der Waals surface area contributed by atoms with Crippen molar-refractivity contribution < 1.29 is 5.11 Å². The zero-order valence-electron chi connectivity index (χ0n) is 8.18. The molecule has 1 aliphatic heterocycles. The molecule has 2 N–H and O–H groups in total. The van der Waals surface area contributed by atoms with E-state index in [1.165, 1.54) is 0 Å². The van der Waals surface area contributed by atoms with Crippen LogP contribution in [0.25, 0.3) is 0 Å². The van der Waals surface area contributed by atoms with Crippen molar-refractivity contribution in [3.05, 3.63) is 42.3 Å². The number of aliphatic hydroxyl groups is 1. The number of rotatable bonds is 1. The Hall–Kier alpha value is -1.55. The molecule has 2 rings (SSSR count). The molecular formula is C11H12N2OS. The minimum Gasteiger partial charge on any atom is -0.494 e. The van der Waals surface area contributed by atoms with Crippen LogP contribution < -0.4 is 10.2 Å². The van der Waals surface area contributed by atoms with Crippen LogP contribution in [0.5, 0.6) is 0 Å². The highest BCUT2D eigenvalue weighted by Crippen LogP contribution is 2.19. The van der Waals surface area contributed by atoms with Crippen LogP contribution in [0.2, 0.25) is 0 Å². The molecule has 0 spiro atoms. The summed E-state index contributed by atoms with van der Waals surface area (Å²) in [5.41, 5.74) is 0.866. The van der Waals surface area contributed by atoms with Gasteiger partial charge in [-0.05, 0) is 36.8 Å². The second-order valence-electron chi connectivity index (χ2n) is 3.25. The highest BCUT2D eigenvalue weighted by atomic mass is 32.1. The molecule has 78 valence electrons. The van der Waals surface area contributed by atoms with Crippen LogP contribution in [0.4, 0.5) is 5.69 Å². The standard InChI is InChI=1S/C11H12N2OS/c14-10-7-4-8-12-11(15)13(10)9-5-2-1-3-6-9/h1-3,5-7,14H,4,8H2,(H,12,15). The predicted octanol–water partition coefficient (Wildman–Crippen LogP) is 2.17. The Morgan fingerprint density at radius 3 is 2.73 bits per heavy atom. The van der Waals surface area contributed by atoms with Gasteiger partial charge >= 0.3 is 0 Å². The molecule has 0 saturated heterocycles. The van der Waals surface area contributed by atoms with Gasteiger partial charge in [0.1, 0.15) is 0 Å². The molecule has 0 bridgehead atoms. The maximum atomic E-state index is 9.83. The fourth-order valence-electron chi connectivity index (χ4n) is 1.48. The Bertz CT molecular complexity index is 389. The minimum atomic E-state index is 0.191. The van der Waals surface area contributed by atoms with Gasteiger partial charge in [-0.3, -0.25) is 4.90 Å². The Labute approximate surface area is 94.0 Å². The average Bonchev–Trinajstić information content (AvgIpc) is 2.41. The van der Waals surface area contributed by atoms with E-state index in [9.17, 15) is 5.11 Å². The van der Waals surface area contributed by atoms with Gasteiger partial charge in [-0.1, -0.05) is 18.2 Å². The van der Waals surface area contributed by atoms with Gasteiger partial charge in [0, 0.05) is 6.54 Å². The summed E-state index contributed by atoms with van der Waals surface area (Å²) in [6.45, 7) is 0.756. The Morgan fingerprint density at radius 2 is 2.00 bits per heavy atom. The highest BCUT2D eigenvalue weighted by molar-refractivity contribution is 7.80. The van der Waals surface area contributed by atoms with E-state index in [0.717, 1.165) is 18.7 Å². The van der Waals surface area contributed by atoms with E-state index >= 15 is 0 Å². The first-order valence-electron chi connectivity index (χ1n) is 4.81. The summed E-state index contributed by atoms with van der Waals surface area (Å²) in [7, 11) is 0. The van der Waals surface area contributed by atoms with Crippen molar-refractivity contribution in [1.82, 2.24) is 5.32 Å². The molecule has 0 amide bonds. The van der Waals surface area contributed by atoms with Gasteiger partial charge in [-0.2, -0.15) is 0 Å². The quantitative estimate of drug-likeness (QED) is 0.711. The first-order chi connectivity index (χ1) is 7.29. The number of hydrogen-bond acceptors (Lipinski definition) is 2. The molecule has 0 radical (unpaired) electrons. The fourth-order valence-corrected chi connectivity index (χ4v) is 1.78. The van der Waals surface area contributed by atoms with Gasteiger partial charge in [0.05, 0.1) is 5.69 Å². The first kappa shape index (κ1) is 9.98. The number of thiocarbonyl (C=S) groups is 1. The zero-order valence-corrected chi connectivity index (χ0v) is 9.00. The number of benzene rings is 1. The summed E-state index contributed by atoms with van der Waals surface area (Å²) in [5.74, 6) is 0.191. The van der Waals surface area contributed by atoms with Crippen LogP contribution in [0.3, 0.4) is 0 Å². The van der Waals surface area contributed by atoms with Crippen molar-refractivity contribution in [2.75, 3.05) is 11.4 Å². The molecule has 1 heterocycles. The molecule has 0 fully saturated rings. The van der Waals surface area contributed by atoms with Crippen molar-refractivity contribution >= 4 is 23.0 Å². The lowest BCUT2D eigenvalue weighted by atomic mass is 10.3. The van der Waals surface area contributed by atoms with E-state index in [2.05, 4.69) is 5.32 Å². The van der Waals surface area contributed by atoms with Crippen LogP contribution in [0.1, 0.15) is 6.42 Å². The normalized spacial score (nSPS) is 16.7. The first-order valence-corrected chi connectivity index (χ1v) is 5.22. The second-order valence-corrected chi connectivity index (χ2v) is 3.64. The number of nitrogens with zero attached hydrogens (tertiary/aromatic N) is 1. The second kappa shape index (κ2) is 4.31. The van der Waals surface area contributed by atoms with Gasteiger partial charge in [0.15, 0.2) is 11.0 Å². The maximum Gasteiger partial charge on any atom is 0.193 e. The van der Waals surface area contributed by atoms with Crippen LogP contribution in [-0.4, -0.2) is 16.8 Å². The lowest BCUT2D eigenvalue weighted by Crippen LogP contribution is -2.37. The summed E-state index contributed by atoms with van der Waals surface area (Å²) >= 11 is 5.19. The molecule has 1 aromatic carbocycles. The van der Waals surface area contributed by atoms with Crippen LogP contribution in [0, 0.1) is 0 Å². The van der Waals surface area contributed by atoms with Gasteiger partial charge in [0.25, 0.3) is 0 Å². The molecule has 0 aromatic heterocycles. The van der Waals surface area contributed by atoms with Gasteiger partial charge in [-0.25, -0.2) is 0 Å². The van der Waals surface area contributed by atoms with E-state index < -0.39 is 0 Å². The molecule has 0 saturated carbocycles. The third-order valence-electron chi connectivity index (χ3n) is 2.19. The topological polar surface area (TPSA) is 35.5 Å². The molecule has 4 heteroatoms. The molecule has 3 nitrogen and oxygen atoms in total. The lowest BCUT2D eigenvalue weighted by Gasteiger charge is -2.22. The minimum absolute atomic E-state index is 0.191. The SMILES string of the molecule is OC1=CCCNC(=S)N1c1ccccc1. The summed E-state index contributed by atoms with van der Waals surface area (Å²) in [4.78, 5) is 1.63. The number of nitrogens with one attached hydrogen (secondary N) is 1. The number of aliphatic hydroxyl groups excluding tert-OH is 1. The third kappa shape index (κ3) is 2.10. The summed E-state index contributed by atoms with van der Waals surface area (Å²) in [6.07, 6.45) is 2.54. The Balaban J connectivity index is 2.36. The fraction of sp³-hybridized carbons (Fsp3) is 0.182. The van der Waals surface area contributed by atoms with E-state index in [-0.39, 0.29) is 5.88 Å². The van der Waals surface area contributed by atoms with Crippen molar-refractivity contribution in [3.8, 4) is 0 Å². The maximum absolute atomic E-state index is 9.83. The van der Waals surface area contributed by atoms with Crippen LogP contribution in [0.15, 0.2) is 42.3 Å². The number of para-hydroxylation sites is 1. The molecule has 0 atom stereocenters. The summed E-state index contributed by atoms with van der Waals surface area (Å²) < 4.78 is 0. The monoisotopic (exact) mass is 220 g/mol. The third-order valence-corrected chi connectivity index (χ3v) is 2.52. The molecule has 0 aliphatic carbocycles. The van der Waals surface area contributed by atoms with Crippen molar-refractivity contribution in [1.29, 1.82) is 0 Å². The number of anilines is 1.